The molecule has 0 spiro atoms. The normalized spacial score (nSPS) is 19.7. The van der Waals surface area contributed by atoms with E-state index in [1.807, 2.05) is 0 Å². The molecule has 3 heterocycles. The number of rotatable bonds is 4. The van der Waals surface area contributed by atoms with Gasteiger partial charge in [0.1, 0.15) is 5.69 Å². The largest absolute Gasteiger partial charge is 0.424 e. The molecule has 1 N–H and O–H groups in total. The van der Waals surface area contributed by atoms with Crippen LogP contribution in [-0.4, -0.2) is 48.0 Å². The van der Waals surface area contributed by atoms with Gasteiger partial charge in [-0.1, -0.05) is 12.1 Å². The number of nitrogens with zero attached hydrogens (tertiary/aromatic N) is 6. The summed E-state index contributed by atoms with van der Waals surface area (Å²) in [7, 11) is 0. The molecule has 5 rings (SSSR count). The number of hydrogen-bond acceptors (Lipinski definition) is 5. The van der Waals surface area contributed by atoms with Crippen LogP contribution in [0.3, 0.4) is 0 Å². The summed E-state index contributed by atoms with van der Waals surface area (Å²) >= 11 is 0. The Balaban J connectivity index is 1.45. The summed E-state index contributed by atoms with van der Waals surface area (Å²) in [4.78, 5) is 19.0. The van der Waals surface area contributed by atoms with Crippen LogP contribution in [0.5, 0.6) is 0 Å². The lowest BCUT2D eigenvalue weighted by molar-refractivity contribution is -0.263. The molecule has 1 aliphatic heterocycles. The first kappa shape index (κ1) is 23.1. The number of aliphatic hydroxyl groups is 1. The van der Waals surface area contributed by atoms with Crippen LogP contribution in [0.25, 0.3) is 11.3 Å². The van der Waals surface area contributed by atoms with Crippen LogP contribution >= 0.6 is 0 Å². The number of halogens is 3. The van der Waals surface area contributed by atoms with E-state index in [9.17, 15) is 23.1 Å². The second-order valence-corrected chi connectivity index (χ2v) is 9.33. The molecule has 8 nitrogen and oxygen atoms in total. The van der Waals surface area contributed by atoms with E-state index >= 15 is 0 Å². The van der Waals surface area contributed by atoms with Gasteiger partial charge >= 0.3 is 6.18 Å². The van der Waals surface area contributed by atoms with Gasteiger partial charge in [0.05, 0.1) is 47.8 Å². The van der Waals surface area contributed by atoms with Gasteiger partial charge in [-0.15, -0.1) is 0 Å². The lowest BCUT2D eigenvalue weighted by Gasteiger charge is -2.36. The number of imidazole rings is 1. The molecule has 1 saturated carbocycles. The van der Waals surface area contributed by atoms with E-state index in [1.165, 1.54) is 10.8 Å². The second kappa shape index (κ2) is 7.95. The fourth-order valence-corrected chi connectivity index (χ4v) is 4.48. The van der Waals surface area contributed by atoms with Crippen molar-refractivity contribution < 1.29 is 23.1 Å². The summed E-state index contributed by atoms with van der Waals surface area (Å²) in [6, 6.07) is 10.3. The van der Waals surface area contributed by atoms with Crippen molar-refractivity contribution in [2.24, 2.45) is 0 Å². The number of carbonyl (C=O) groups is 1. The highest BCUT2D eigenvalue weighted by molar-refractivity contribution is 5.94. The third-order valence-corrected chi connectivity index (χ3v) is 6.58. The molecule has 0 saturated heterocycles. The van der Waals surface area contributed by atoms with Crippen molar-refractivity contribution in [2.45, 2.75) is 57.1 Å². The van der Waals surface area contributed by atoms with Crippen LogP contribution in [-0.2, 0) is 12.1 Å². The summed E-state index contributed by atoms with van der Waals surface area (Å²) in [5.41, 5.74) is -0.359. The van der Waals surface area contributed by atoms with Gasteiger partial charge in [-0.3, -0.25) is 9.48 Å². The van der Waals surface area contributed by atoms with E-state index in [-0.39, 0.29) is 25.0 Å². The van der Waals surface area contributed by atoms with Crippen LogP contribution < -0.4 is 0 Å². The fraction of sp³-hybridized carbons (Fsp3) is 0.417. The van der Waals surface area contributed by atoms with Gasteiger partial charge in [-0.05, 0) is 44.9 Å². The molecule has 0 radical (unpaired) electrons. The van der Waals surface area contributed by atoms with E-state index in [0.29, 0.717) is 29.6 Å². The number of carbonyl (C=O) groups excluding carboxylic acids is 1. The minimum absolute atomic E-state index is 0.0617. The Morgan fingerprint density at radius 3 is 2.51 bits per heavy atom. The maximum Gasteiger partial charge on any atom is 0.424 e. The highest BCUT2D eigenvalue weighted by atomic mass is 19.4. The summed E-state index contributed by atoms with van der Waals surface area (Å²) in [5.74, 6) is -0.751. The van der Waals surface area contributed by atoms with Crippen molar-refractivity contribution in [3.8, 4) is 17.3 Å². The van der Waals surface area contributed by atoms with E-state index < -0.39 is 23.6 Å². The maximum atomic E-state index is 13.6. The van der Waals surface area contributed by atoms with Crippen molar-refractivity contribution in [3.05, 3.63) is 59.3 Å². The van der Waals surface area contributed by atoms with Crippen LogP contribution in [0.2, 0.25) is 0 Å². The molecule has 11 heteroatoms. The molecular weight excluding hydrogens is 461 g/mol. The van der Waals surface area contributed by atoms with E-state index in [4.69, 9.17) is 5.26 Å². The predicted octanol–water partition coefficient (Wildman–Crippen LogP) is 3.94. The molecule has 2 atom stereocenters. The number of alkyl halides is 3. The van der Waals surface area contributed by atoms with Crippen LogP contribution in [0, 0.1) is 11.3 Å². The molecule has 1 fully saturated rings. The molecule has 1 aliphatic carbocycles. The molecule has 182 valence electrons. The van der Waals surface area contributed by atoms with Gasteiger partial charge in [0.25, 0.3) is 5.91 Å². The van der Waals surface area contributed by atoms with Gasteiger partial charge in [0.15, 0.2) is 5.82 Å². The average molecular weight is 484 g/mol. The Labute approximate surface area is 199 Å². The van der Waals surface area contributed by atoms with Gasteiger partial charge < -0.3 is 14.6 Å². The van der Waals surface area contributed by atoms with Crippen molar-refractivity contribution in [3.63, 3.8) is 0 Å². The molecular formula is C24H23F3N6O2. The van der Waals surface area contributed by atoms with Gasteiger partial charge in [0.2, 0.25) is 5.60 Å². The maximum absolute atomic E-state index is 13.6. The first-order valence-corrected chi connectivity index (χ1v) is 11.3. The predicted molar refractivity (Wildman–Crippen MR) is 118 cm³/mol. The van der Waals surface area contributed by atoms with Crippen molar-refractivity contribution in [1.29, 1.82) is 5.26 Å². The Morgan fingerprint density at radius 2 is 1.91 bits per heavy atom. The van der Waals surface area contributed by atoms with Crippen molar-refractivity contribution in [1.82, 2.24) is 24.2 Å². The number of benzene rings is 1. The summed E-state index contributed by atoms with van der Waals surface area (Å²) in [6.07, 6.45) is -1.78. The lowest BCUT2D eigenvalue weighted by Crippen LogP contribution is -2.46. The minimum Gasteiger partial charge on any atom is -0.374 e. The number of fused-ring (bicyclic) bond motifs is 1. The standard InChI is InChI=1S/C24H23F3N6O2/c1-14-12-31(13-18-11-29-22(32(14)18)23(2,35)24(25,26)27)21(34)20-9-19(30-33(20)17-7-8-17)16-5-3-15(10-28)4-6-16/h3-6,9,11,14,17,35H,7-8,12-13H2,1-2H3/t14-,23?/m0/s1. The summed E-state index contributed by atoms with van der Waals surface area (Å²) in [5, 5.41) is 23.8. The Hall–Kier alpha value is -3.65. The molecule has 2 aromatic heterocycles. The fourth-order valence-electron chi connectivity index (χ4n) is 4.48. The van der Waals surface area contributed by atoms with E-state index in [0.717, 1.165) is 18.4 Å². The number of amides is 1. The average Bonchev–Trinajstić information content (AvgIpc) is 3.40. The zero-order chi connectivity index (χ0) is 25.1. The molecule has 3 aromatic rings. The van der Waals surface area contributed by atoms with Gasteiger partial charge in [-0.25, -0.2) is 4.98 Å². The highest BCUT2D eigenvalue weighted by Crippen LogP contribution is 2.41. The molecule has 0 bridgehead atoms. The summed E-state index contributed by atoms with van der Waals surface area (Å²) < 4.78 is 43.4. The zero-order valence-electron chi connectivity index (χ0n) is 19.1. The number of aromatic nitrogens is 4. The van der Waals surface area contributed by atoms with Crippen LogP contribution in [0.1, 0.15) is 66.3 Å². The monoisotopic (exact) mass is 484 g/mol. The second-order valence-electron chi connectivity index (χ2n) is 9.33. The van der Waals surface area contributed by atoms with Crippen molar-refractivity contribution in [2.75, 3.05) is 6.54 Å². The minimum atomic E-state index is -4.89. The lowest BCUT2D eigenvalue weighted by atomic mass is 10.0. The van der Waals surface area contributed by atoms with Gasteiger partial charge in [-0.2, -0.15) is 23.5 Å². The number of nitriles is 1. The van der Waals surface area contributed by atoms with Crippen LogP contribution in [0.15, 0.2) is 36.5 Å². The number of hydrogen-bond donors (Lipinski definition) is 1. The topological polar surface area (TPSA) is 100.0 Å². The first-order valence-electron chi connectivity index (χ1n) is 11.3. The summed E-state index contributed by atoms with van der Waals surface area (Å²) in [6.45, 7) is 2.60. The van der Waals surface area contributed by atoms with Crippen molar-refractivity contribution >= 4 is 5.91 Å². The molecule has 1 unspecified atom stereocenters. The Kier molecular flexibility index (Phi) is 5.25. The van der Waals surface area contributed by atoms with Crippen LogP contribution in [0.4, 0.5) is 13.2 Å². The quantitative estimate of drug-likeness (QED) is 0.605. The molecule has 2 aliphatic rings. The van der Waals surface area contributed by atoms with E-state index in [2.05, 4.69) is 16.2 Å². The SMILES string of the molecule is C[C@H]1CN(C(=O)c2cc(-c3ccc(C#N)cc3)nn2C2CC2)Cc2cnc(C(C)(O)C(F)(F)F)n21. The van der Waals surface area contributed by atoms with E-state index in [1.54, 1.807) is 46.8 Å². The smallest absolute Gasteiger partial charge is 0.374 e. The zero-order valence-corrected chi connectivity index (χ0v) is 19.1. The Bertz CT molecular complexity index is 1330. The molecule has 1 aromatic carbocycles. The highest BCUT2D eigenvalue weighted by Gasteiger charge is 2.55. The third-order valence-electron chi connectivity index (χ3n) is 6.58. The third kappa shape index (κ3) is 3.87. The molecule has 1 amide bonds. The Morgan fingerprint density at radius 1 is 1.23 bits per heavy atom. The van der Waals surface area contributed by atoms with Gasteiger partial charge in [0, 0.05) is 12.1 Å². The first-order chi connectivity index (χ1) is 16.5. The molecule has 35 heavy (non-hydrogen) atoms.